The van der Waals surface area contributed by atoms with Gasteiger partial charge >= 0.3 is 6.09 Å². The van der Waals surface area contributed by atoms with Crippen molar-refractivity contribution in [2.24, 2.45) is 0 Å². The lowest BCUT2D eigenvalue weighted by atomic mass is 10.1. The smallest absolute Gasteiger partial charge is 0.320 e. The second-order valence-corrected chi connectivity index (χ2v) is 3.95. The average Bonchev–Trinajstić information content (AvgIpc) is 2.50. The van der Waals surface area contributed by atoms with Crippen molar-refractivity contribution in [3.05, 3.63) is 41.5 Å². The number of hydrogen-bond acceptors (Lipinski definition) is 4. The minimum atomic E-state index is -0.693. The molecule has 0 bridgehead atoms. The summed E-state index contributed by atoms with van der Waals surface area (Å²) >= 11 is 0. The molecular formula is C15H17N2O4. The van der Waals surface area contributed by atoms with Crippen LogP contribution in [-0.4, -0.2) is 36.4 Å². The SMILES string of the molecule is CCNC(=O)ON(CC)C(=O)c1ccccc1/C=C/[C]=O. The van der Waals surface area contributed by atoms with E-state index in [-0.39, 0.29) is 6.54 Å². The highest BCUT2D eigenvalue weighted by Gasteiger charge is 2.20. The number of allylic oxidation sites excluding steroid dienone is 1. The van der Waals surface area contributed by atoms with Gasteiger partial charge in [-0.15, -0.1) is 0 Å². The van der Waals surface area contributed by atoms with Crippen molar-refractivity contribution in [3.63, 3.8) is 0 Å². The predicted molar refractivity (Wildman–Crippen MR) is 78.0 cm³/mol. The van der Waals surface area contributed by atoms with E-state index in [9.17, 15) is 14.4 Å². The van der Waals surface area contributed by atoms with Crippen LogP contribution in [0.4, 0.5) is 4.79 Å². The number of hydrogen-bond donors (Lipinski definition) is 1. The molecule has 0 heterocycles. The van der Waals surface area contributed by atoms with Crippen molar-refractivity contribution in [3.8, 4) is 0 Å². The topological polar surface area (TPSA) is 75.7 Å². The van der Waals surface area contributed by atoms with Crippen LogP contribution in [0.3, 0.4) is 0 Å². The van der Waals surface area contributed by atoms with Crippen LogP contribution in [0, 0.1) is 0 Å². The van der Waals surface area contributed by atoms with E-state index in [1.54, 1.807) is 44.4 Å². The van der Waals surface area contributed by atoms with Gasteiger partial charge < -0.3 is 10.2 Å². The standard InChI is InChI=1S/C15H17N2O4/c1-3-16-15(20)21-17(4-2)14(19)13-10-6-5-8-12(13)9-7-11-18/h5-10H,3-4H2,1-2H3,(H,16,20)/b9-7+. The first-order valence-corrected chi connectivity index (χ1v) is 6.54. The molecule has 0 atom stereocenters. The maximum absolute atomic E-state index is 12.4. The first-order valence-electron chi connectivity index (χ1n) is 6.54. The molecule has 6 heteroatoms. The van der Waals surface area contributed by atoms with Crippen molar-refractivity contribution in [2.75, 3.05) is 13.1 Å². The molecule has 0 aliphatic carbocycles. The van der Waals surface area contributed by atoms with E-state index < -0.39 is 12.0 Å². The second kappa shape index (κ2) is 8.52. The molecule has 21 heavy (non-hydrogen) atoms. The Kier molecular flexibility index (Phi) is 6.67. The first kappa shape index (κ1) is 16.4. The molecule has 1 N–H and O–H groups in total. The Labute approximate surface area is 123 Å². The monoisotopic (exact) mass is 289 g/mol. The van der Waals surface area contributed by atoms with E-state index in [1.807, 2.05) is 0 Å². The van der Waals surface area contributed by atoms with Crippen LogP contribution in [-0.2, 0) is 9.63 Å². The van der Waals surface area contributed by atoms with Gasteiger partial charge in [-0.2, -0.15) is 5.06 Å². The summed E-state index contributed by atoms with van der Waals surface area (Å²) in [6.45, 7) is 4.04. The van der Waals surface area contributed by atoms with Crippen LogP contribution in [0.15, 0.2) is 30.3 Å². The number of benzene rings is 1. The Morgan fingerprint density at radius 2 is 2.05 bits per heavy atom. The zero-order chi connectivity index (χ0) is 15.7. The largest absolute Gasteiger partial charge is 0.431 e. The molecule has 0 fully saturated rings. The van der Waals surface area contributed by atoms with Gasteiger partial charge in [0.05, 0.1) is 6.54 Å². The minimum Gasteiger partial charge on any atom is -0.320 e. The van der Waals surface area contributed by atoms with Crippen LogP contribution in [0.25, 0.3) is 6.08 Å². The molecule has 0 spiro atoms. The van der Waals surface area contributed by atoms with Crippen LogP contribution in [0.5, 0.6) is 0 Å². The summed E-state index contributed by atoms with van der Waals surface area (Å²) in [4.78, 5) is 39.0. The number of nitrogens with zero attached hydrogens (tertiary/aromatic N) is 1. The highest BCUT2D eigenvalue weighted by atomic mass is 16.7. The number of amides is 2. The van der Waals surface area contributed by atoms with Crippen molar-refractivity contribution < 1.29 is 19.2 Å². The van der Waals surface area contributed by atoms with Gasteiger partial charge in [0.2, 0.25) is 6.29 Å². The van der Waals surface area contributed by atoms with Crippen molar-refractivity contribution in [1.82, 2.24) is 10.4 Å². The molecule has 1 aromatic rings. The van der Waals surface area contributed by atoms with Gasteiger partial charge in [-0.1, -0.05) is 24.3 Å². The fourth-order valence-corrected chi connectivity index (χ4v) is 1.62. The molecular weight excluding hydrogens is 272 g/mol. The Morgan fingerprint density at radius 1 is 1.33 bits per heavy atom. The fraction of sp³-hybridized carbons (Fsp3) is 0.267. The number of hydroxylamine groups is 2. The van der Waals surface area contributed by atoms with Gasteiger partial charge in [0.15, 0.2) is 0 Å². The van der Waals surface area contributed by atoms with Gasteiger partial charge in [-0.05, 0) is 31.6 Å². The van der Waals surface area contributed by atoms with E-state index in [1.165, 1.54) is 12.2 Å². The molecule has 0 aliphatic heterocycles. The van der Waals surface area contributed by atoms with Gasteiger partial charge in [0, 0.05) is 12.1 Å². The van der Waals surface area contributed by atoms with Gasteiger partial charge in [-0.25, -0.2) is 4.79 Å². The third-order valence-corrected chi connectivity index (χ3v) is 2.55. The van der Waals surface area contributed by atoms with Crippen molar-refractivity contribution in [2.45, 2.75) is 13.8 Å². The first-order chi connectivity index (χ1) is 10.1. The molecule has 111 valence electrons. The zero-order valence-corrected chi connectivity index (χ0v) is 12.0. The van der Waals surface area contributed by atoms with Crippen LogP contribution >= 0.6 is 0 Å². The van der Waals surface area contributed by atoms with Gasteiger partial charge in [-0.3, -0.25) is 9.59 Å². The fourth-order valence-electron chi connectivity index (χ4n) is 1.62. The van der Waals surface area contributed by atoms with Gasteiger partial charge in [0.25, 0.3) is 5.91 Å². The van der Waals surface area contributed by atoms with E-state index in [0.29, 0.717) is 17.7 Å². The Bertz CT molecular complexity index is 540. The summed E-state index contributed by atoms with van der Waals surface area (Å²) in [5, 5.41) is 3.41. The lowest BCUT2D eigenvalue weighted by molar-refractivity contribution is -0.0659. The quantitative estimate of drug-likeness (QED) is 0.664. The highest BCUT2D eigenvalue weighted by molar-refractivity contribution is 5.98. The maximum Gasteiger partial charge on any atom is 0.431 e. The van der Waals surface area contributed by atoms with Crippen LogP contribution in [0.1, 0.15) is 29.8 Å². The summed E-state index contributed by atoms with van der Waals surface area (Å²) in [5.74, 6) is -0.463. The van der Waals surface area contributed by atoms with E-state index in [0.717, 1.165) is 5.06 Å². The normalized spacial score (nSPS) is 10.2. The Morgan fingerprint density at radius 3 is 2.67 bits per heavy atom. The summed E-state index contributed by atoms with van der Waals surface area (Å²) < 4.78 is 0. The summed E-state index contributed by atoms with van der Waals surface area (Å²) in [6.07, 6.45) is 3.58. The maximum atomic E-state index is 12.4. The van der Waals surface area contributed by atoms with Crippen molar-refractivity contribution >= 4 is 24.4 Å². The summed E-state index contributed by atoms with van der Waals surface area (Å²) in [7, 11) is 0. The van der Waals surface area contributed by atoms with Crippen LogP contribution in [0.2, 0.25) is 0 Å². The third-order valence-electron chi connectivity index (χ3n) is 2.55. The molecule has 6 nitrogen and oxygen atoms in total. The number of rotatable bonds is 5. The van der Waals surface area contributed by atoms with E-state index >= 15 is 0 Å². The Hall–Kier alpha value is -2.63. The molecule has 1 rings (SSSR count). The molecule has 0 aliphatic rings. The number of nitrogens with one attached hydrogen (secondary N) is 1. The Balaban J connectivity index is 2.97. The third kappa shape index (κ3) is 4.76. The van der Waals surface area contributed by atoms with E-state index in [2.05, 4.69) is 5.32 Å². The van der Waals surface area contributed by atoms with Crippen molar-refractivity contribution in [1.29, 1.82) is 0 Å². The summed E-state index contributed by atoms with van der Waals surface area (Å²) in [5.41, 5.74) is 0.874. The second-order valence-electron chi connectivity index (χ2n) is 3.95. The predicted octanol–water partition coefficient (Wildman–Crippen LogP) is 1.93. The summed E-state index contributed by atoms with van der Waals surface area (Å²) in [6, 6.07) is 6.70. The zero-order valence-electron chi connectivity index (χ0n) is 12.0. The lowest BCUT2D eigenvalue weighted by Gasteiger charge is -2.20. The minimum absolute atomic E-state index is 0.202. The molecule has 1 aromatic carbocycles. The molecule has 1 radical (unpaired) electrons. The van der Waals surface area contributed by atoms with Gasteiger partial charge in [0.1, 0.15) is 0 Å². The molecule has 0 saturated heterocycles. The highest BCUT2D eigenvalue weighted by Crippen LogP contribution is 2.14. The van der Waals surface area contributed by atoms with Crippen LogP contribution < -0.4 is 5.32 Å². The average molecular weight is 289 g/mol. The number of carbonyl (C=O) groups is 2. The molecule has 0 aromatic heterocycles. The molecule has 0 saturated carbocycles. The number of carbonyl (C=O) groups excluding carboxylic acids is 3. The lowest BCUT2D eigenvalue weighted by Crippen LogP contribution is -2.38. The molecule has 2 amide bonds. The molecule has 0 unspecified atom stereocenters. The van der Waals surface area contributed by atoms with E-state index in [4.69, 9.17) is 4.84 Å².